The number of aromatic nitrogens is 2. The third-order valence-electron chi connectivity index (χ3n) is 3.02. The zero-order valence-corrected chi connectivity index (χ0v) is 19.0. The van der Waals surface area contributed by atoms with Gasteiger partial charge in [-0.05, 0) is 0 Å². The number of amides is 2. The lowest BCUT2D eigenvalue weighted by atomic mass is 10.3. The fourth-order valence-electron chi connectivity index (χ4n) is 1.71. The fraction of sp³-hybridized carbons (Fsp3) is 0.250. The van der Waals surface area contributed by atoms with Gasteiger partial charge in [-0.1, -0.05) is 46.5 Å². The third-order valence-corrected chi connectivity index (χ3v) is 5.10. The molecular weight excluding hydrogens is 468 g/mol. The van der Waals surface area contributed by atoms with Crippen LogP contribution in [0.2, 0.25) is 0 Å². The number of non-ortho nitro benzene ring substituents is 1. The van der Waals surface area contributed by atoms with Crippen LogP contribution in [-0.4, -0.2) is 59.8 Å². The quantitative estimate of drug-likeness (QED) is 0.376. The zero-order valence-electron chi connectivity index (χ0n) is 16.6. The van der Waals surface area contributed by atoms with Crippen molar-refractivity contribution in [1.29, 1.82) is 0 Å². The summed E-state index contributed by atoms with van der Waals surface area (Å²) in [6.07, 6.45) is 0. The van der Waals surface area contributed by atoms with Crippen molar-refractivity contribution in [3.8, 4) is 5.88 Å². The highest BCUT2D eigenvalue weighted by Crippen LogP contribution is 2.19. The number of nitro groups is 1. The van der Waals surface area contributed by atoms with Gasteiger partial charge in [0.15, 0.2) is 0 Å². The van der Waals surface area contributed by atoms with E-state index in [1.807, 2.05) is 14.1 Å². The molecule has 12 nitrogen and oxygen atoms in total. The Balaban J connectivity index is 0.000000442. The van der Waals surface area contributed by atoms with E-state index in [0.717, 1.165) is 0 Å². The van der Waals surface area contributed by atoms with Gasteiger partial charge in [-0.3, -0.25) is 15.4 Å². The monoisotopic (exact) mass is 486 g/mol. The lowest BCUT2D eigenvalue weighted by Gasteiger charge is -2.12. The summed E-state index contributed by atoms with van der Waals surface area (Å²) in [4.78, 5) is 30.6. The summed E-state index contributed by atoms with van der Waals surface area (Å²) in [6.45, 7) is 0. The molecule has 1 heterocycles. The number of nitrogens with zero attached hydrogens (tertiary/aromatic N) is 5. The van der Waals surface area contributed by atoms with E-state index in [-0.39, 0.29) is 17.5 Å². The number of anilines is 1. The SMILES string of the molecule is COc1cc(CSC(=S)N(C)C)nc(NC(=O)N=S(=O)=O)n1.O=[N+]([O-])c1ccccc1. The molecule has 0 saturated carbocycles. The largest absolute Gasteiger partial charge is 0.481 e. The first-order valence-corrected chi connectivity index (χ1v) is 10.6. The summed E-state index contributed by atoms with van der Waals surface area (Å²) < 4.78 is 29.1. The summed E-state index contributed by atoms with van der Waals surface area (Å²) in [7, 11) is 2.21. The molecule has 2 rings (SSSR count). The van der Waals surface area contributed by atoms with Gasteiger partial charge in [-0.2, -0.15) is 13.4 Å². The Labute approximate surface area is 188 Å². The van der Waals surface area contributed by atoms with E-state index in [1.54, 1.807) is 29.2 Å². The molecule has 0 fully saturated rings. The average Bonchev–Trinajstić information content (AvgIpc) is 2.72. The van der Waals surface area contributed by atoms with Crippen LogP contribution in [0.3, 0.4) is 0 Å². The Morgan fingerprint density at radius 2 is 1.97 bits per heavy atom. The minimum atomic E-state index is -2.85. The molecule has 0 aliphatic heterocycles. The highest BCUT2D eigenvalue weighted by molar-refractivity contribution is 8.22. The molecule has 31 heavy (non-hydrogen) atoms. The number of thiocarbonyl (C=S) groups is 1. The molecule has 0 spiro atoms. The van der Waals surface area contributed by atoms with Crippen LogP contribution in [0.25, 0.3) is 0 Å². The number of methoxy groups -OCH3 is 1. The van der Waals surface area contributed by atoms with Crippen molar-refractivity contribution in [2.75, 3.05) is 26.5 Å². The van der Waals surface area contributed by atoms with E-state index in [1.165, 1.54) is 31.0 Å². The first-order valence-electron chi connectivity index (χ1n) is 8.20. The van der Waals surface area contributed by atoms with Crippen LogP contribution in [0.4, 0.5) is 16.4 Å². The molecule has 0 unspecified atom stereocenters. The summed E-state index contributed by atoms with van der Waals surface area (Å²) in [6, 6.07) is 8.43. The summed E-state index contributed by atoms with van der Waals surface area (Å²) >= 11 is 6.52. The van der Waals surface area contributed by atoms with Crippen molar-refractivity contribution in [1.82, 2.24) is 14.9 Å². The van der Waals surface area contributed by atoms with Gasteiger partial charge in [-0.15, -0.1) is 0 Å². The van der Waals surface area contributed by atoms with Crippen molar-refractivity contribution in [2.45, 2.75) is 5.75 Å². The molecule has 0 atom stereocenters. The second-order valence-corrected chi connectivity index (χ2v) is 7.73. The number of rotatable bonds is 5. The molecular formula is C16H18N6O6S3. The molecule has 0 aliphatic rings. The van der Waals surface area contributed by atoms with Crippen LogP contribution in [0, 0.1) is 10.1 Å². The van der Waals surface area contributed by atoms with Crippen LogP contribution in [0.15, 0.2) is 40.8 Å². The topological polar surface area (TPSA) is 157 Å². The first kappa shape index (κ1) is 25.9. The number of thioether (sulfide) groups is 1. The van der Waals surface area contributed by atoms with E-state index >= 15 is 0 Å². The van der Waals surface area contributed by atoms with E-state index in [4.69, 9.17) is 17.0 Å². The number of carbonyl (C=O) groups is 1. The summed E-state index contributed by atoms with van der Waals surface area (Å²) in [5.41, 5.74) is 0.692. The number of hydrogen-bond acceptors (Lipinski definition) is 10. The fourth-order valence-corrected chi connectivity index (χ4v) is 2.74. The average molecular weight is 487 g/mol. The predicted molar refractivity (Wildman–Crippen MR) is 120 cm³/mol. The number of nitro benzene ring substituents is 1. The molecule has 0 bridgehead atoms. The maximum atomic E-state index is 11.3. The van der Waals surface area contributed by atoms with Crippen LogP contribution in [-0.2, 0) is 16.3 Å². The molecule has 1 aromatic carbocycles. The number of hydrogen-bond donors (Lipinski definition) is 1. The lowest BCUT2D eigenvalue weighted by molar-refractivity contribution is -0.384. The minimum Gasteiger partial charge on any atom is -0.481 e. The lowest BCUT2D eigenvalue weighted by Crippen LogP contribution is -2.16. The Bertz CT molecular complexity index is 1050. The molecule has 1 aromatic heterocycles. The Kier molecular flexibility index (Phi) is 11.0. The van der Waals surface area contributed by atoms with E-state index < -0.39 is 21.5 Å². The molecule has 0 radical (unpaired) electrons. The van der Waals surface area contributed by atoms with Gasteiger partial charge in [0, 0.05) is 38.0 Å². The van der Waals surface area contributed by atoms with E-state index in [9.17, 15) is 23.3 Å². The Morgan fingerprint density at radius 1 is 1.32 bits per heavy atom. The summed E-state index contributed by atoms with van der Waals surface area (Å²) in [5, 5.41) is 12.2. The number of ether oxygens (including phenoxy) is 1. The van der Waals surface area contributed by atoms with Gasteiger partial charge >= 0.3 is 16.5 Å². The molecule has 15 heteroatoms. The van der Waals surface area contributed by atoms with Crippen molar-refractivity contribution < 1.29 is 22.9 Å². The number of nitrogens with one attached hydrogen (secondary N) is 1. The molecule has 0 saturated heterocycles. The Morgan fingerprint density at radius 3 is 2.45 bits per heavy atom. The molecule has 2 amide bonds. The van der Waals surface area contributed by atoms with Crippen molar-refractivity contribution in [2.24, 2.45) is 4.36 Å². The normalized spacial score (nSPS) is 9.52. The standard InChI is InChI=1S/C10H13N5O4S3.C6H5NO2/c1-15(2)10(20)21-5-6-4-7(19-3)12-8(11-6)13-9(16)14-22(17)18;8-7(9)6-4-2-1-3-5-6/h4H,5H2,1-3H3,(H,11,12,13,16);1-5H. The van der Waals surface area contributed by atoms with Gasteiger partial charge in [0.05, 0.1) is 17.7 Å². The van der Waals surface area contributed by atoms with Gasteiger partial charge in [0.1, 0.15) is 4.32 Å². The van der Waals surface area contributed by atoms with Gasteiger partial charge in [0.2, 0.25) is 11.8 Å². The number of carbonyl (C=O) groups excluding carboxylic acids is 1. The predicted octanol–water partition coefficient (Wildman–Crippen LogP) is 2.75. The van der Waals surface area contributed by atoms with Crippen LogP contribution in [0.1, 0.15) is 5.69 Å². The highest BCUT2D eigenvalue weighted by Gasteiger charge is 2.10. The zero-order chi connectivity index (χ0) is 23.4. The van der Waals surface area contributed by atoms with Crippen molar-refractivity contribution in [3.05, 3.63) is 52.2 Å². The maximum Gasteiger partial charge on any atom is 0.362 e. The van der Waals surface area contributed by atoms with Gasteiger partial charge in [0.25, 0.3) is 5.69 Å². The second kappa shape index (κ2) is 13.2. The number of urea groups is 1. The smallest absolute Gasteiger partial charge is 0.362 e. The number of benzene rings is 1. The van der Waals surface area contributed by atoms with Crippen LogP contribution in [0.5, 0.6) is 5.88 Å². The molecule has 166 valence electrons. The van der Waals surface area contributed by atoms with Gasteiger partial charge in [-0.25, -0.2) is 9.78 Å². The molecule has 0 aliphatic carbocycles. The second-order valence-electron chi connectivity index (χ2n) is 5.51. The van der Waals surface area contributed by atoms with Crippen molar-refractivity contribution >= 4 is 56.5 Å². The highest BCUT2D eigenvalue weighted by atomic mass is 32.2. The first-order chi connectivity index (χ1) is 14.6. The Hall–Kier alpha value is -3.17. The van der Waals surface area contributed by atoms with Crippen LogP contribution < -0.4 is 10.1 Å². The van der Waals surface area contributed by atoms with E-state index in [2.05, 4.69) is 19.6 Å². The molecule has 1 N–H and O–H groups in total. The van der Waals surface area contributed by atoms with Gasteiger partial charge < -0.3 is 9.64 Å². The summed E-state index contributed by atoms with van der Waals surface area (Å²) in [5.74, 6) is 0.550. The van der Waals surface area contributed by atoms with Crippen molar-refractivity contribution in [3.63, 3.8) is 0 Å². The molecule has 2 aromatic rings. The third kappa shape index (κ3) is 10.4. The number of para-hydroxylation sites is 1. The maximum absolute atomic E-state index is 11.3. The van der Waals surface area contributed by atoms with E-state index in [0.29, 0.717) is 15.8 Å². The minimum absolute atomic E-state index is 0.107. The van der Waals surface area contributed by atoms with Crippen LogP contribution >= 0.6 is 24.0 Å².